The molecule has 0 fully saturated rings. The molecule has 5 heteroatoms. The molecule has 4 nitrogen and oxygen atoms in total. The smallest absolute Gasteiger partial charge is 0.223 e. The SMILES string of the molecule is CCN(CC)CCCN(C(C)=O)c1ccnc2cc(Cl)ccc12. The molecule has 0 atom stereocenters. The molecule has 2 aromatic rings. The van der Waals surface area contributed by atoms with Crippen LogP contribution < -0.4 is 4.90 Å². The van der Waals surface area contributed by atoms with Gasteiger partial charge in [0, 0.05) is 30.1 Å². The van der Waals surface area contributed by atoms with E-state index in [-0.39, 0.29) is 5.91 Å². The van der Waals surface area contributed by atoms with E-state index in [2.05, 4.69) is 23.7 Å². The summed E-state index contributed by atoms with van der Waals surface area (Å²) in [5.74, 6) is 0.0481. The van der Waals surface area contributed by atoms with Crippen molar-refractivity contribution in [2.45, 2.75) is 27.2 Å². The van der Waals surface area contributed by atoms with Crippen molar-refractivity contribution >= 4 is 34.1 Å². The number of aromatic nitrogens is 1. The first kappa shape index (κ1) is 17.7. The van der Waals surface area contributed by atoms with Crippen LogP contribution in [0.4, 0.5) is 5.69 Å². The largest absolute Gasteiger partial charge is 0.312 e. The van der Waals surface area contributed by atoms with Gasteiger partial charge in [0.25, 0.3) is 0 Å². The summed E-state index contributed by atoms with van der Waals surface area (Å²) in [6.45, 7) is 9.69. The Morgan fingerprint density at radius 2 is 1.91 bits per heavy atom. The lowest BCUT2D eigenvalue weighted by atomic mass is 10.1. The molecule has 124 valence electrons. The van der Waals surface area contributed by atoms with E-state index in [0.29, 0.717) is 11.6 Å². The fourth-order valence-electron chi connectivity index (χ4n) is 2.78. The molecule has 0 saturated carbocycles. The van der Waals surface area contributed by atoms with Gasteiger partial charge in [0.2, 0.25) is 5.91 Å². The molecule has 0 N–H and O–H groups in total. The highest BCUT2D eigenvalue weighted by Crippen LogP contribution is 2.27. The van der Waals surface area contributed by atoms with Crippen molar-refractivity contribution in [1.82, 2.24) is 9.88 Å². The third-order valence-corrected chi connectivity index (χ3v) is 4.34. The lowest BCUT2D eigenvalue weighted by molar-refractivity contribution is -0.116. The van der Waals surface area contributed by atoms with Gasteiger partial charge in [-0.15, -0.1) is 0 Å². The highest BCUT2D eigenvalue weighted by Gasteiger charge is 2.15. The number of halogens is 1. The molecule has 0 aliphatic carbocycles. The molecular formula is C18H24ClN3O. The first-order valence-electron chi connectivity index (χ1n) is 8.11. The highest BCUT2D eigenvalue weighted by molar-refractivity contribution is 6.31. The minimum absolute atomic E-state index is 0.0481. The van der Waals surface area contributed by atoms with Crippen LogP contribution in [-0.4, -0.2) is 42.0 Å². The topological polar surface area (TPSA) is 36.4 Å². The van der Waals surface area contributed by atoms with Crippen LogP contribution in [0.25, 0.3) is 10.9 Å². The van der Waals surface area contributed by atoms with Crippen molar-refractivity contribution in [2.24, 2.45) is 0 Å². The predicted octanol–water partition coefficient (Wildman–Crippen LogP) is 3.97. The van der Waals surface area contributed by atoms with Crippen LogP contribution in [0.2, 0.25) is 5.02 Å². The summed E-state index contributed by atoms with van der Waals surface area (Å²) < 4.78 is 0. The lowest BCUT2D eigenvalue weighted by Gasteiger charge is -2.25. The number of fused-ring (bicyclic) bond motifs is 1. The van der Waals surface area contributed by atoms with Crippen LogP contribution in [-0.2, 0) is 4.79 Å². The second-order valence-corrected chi connectivity index (χ2v) is 5.98. The number of carbonyl (C=O) groups excluding carboxylic acids is 1. The molecular weight excluding hydrogens is 310 g/mol. The molecule has 1 heterocycles. The zero-order valence-electron chi connectivity index (χ0n) is 14.1. The molecule has 0 aliphatic rings. The molecule has 0 bridgehead atoms. The van der Waals surface area contributed by atoms with Gasteiger partial charge < -0.3 is 9.80 Å². The fourth-order valence-corrected chi connectivity index (χ4v) is 2.95. The Balaban J connectivity index is 2.23. The van der Waals surface area contributed by atoms with E-state index in [1.165, 1.54) is 0 Å². The summed E-state index contributed by atoms with van der Waals surface area (Å²) in [4.78, 5) is 20.7. The monoisotopic (exact) mass is 333 g/mol. The van der Waals surface area contributed by atoms with E-state index in [9.17, 15) is 4.79 Å². The molecule has 1 amide bonds. The molecule has 0 unspecified atom stereocenters. The van der Waals surface area contributed by atoms with E-state index in [0.717, 1.165) is 42.6 Å². The van der Waals surface area contributed by atoms with Crippen LogP contribution >= 0.6 is 11.6 Å². The van der Waals surface area contributed by atoms with Gasteiger partial charge >= 0.3 is 0 Å². The lowest BCUT2D eigenvalue weighted by Crippen LogP contribution is -2.33. The van der Waals surface area contributed by atoms with Gasteiger partial charge in [0.15, 0.2) is 0 Å². The summed E-state index contributed by atoms with van der Waals surface area (Å²) in [5, 5.41) is 1.60. The quantitative estimate of drug-likeness (QED) is 0.769. The number of anilines is 1. The number of carbonyl (C=O) groups is 1. The number of amides is 1. The summed E-state index contributed by atoms with van der Waals surface area (Å²) in [7, 11) is 0. The Morgan fingerprint density at radius 3 is 2.57 bits per heavy atom. The average molecular weight is 334 g/mol. The van der Waals surface area contributed by atoms with Crippen LogP contribution in [0.3, 0.4) is 0 Å². The first-order valence-corrected chi connectivity index (χ1v) is 8.49. The van der Waals surface area contributed by atoms with Crippen molar-refractivity contribution in [3.63, 3.8) is 0 Å². The normalized spacial score (nSPS) is 11.2. The fraction of sp³-hybridized carbons (Fsp3) is 0.444. The average Bonchev–Trinajstić information content (AvgIpc) is 2.54. The molecule has 0 radical (unpaired) electrons. The number of hydrogen-bond acceptors (Lipinski definition) is 3. The molecule has 2 rings (SSSR count). The highest BCUT2D eigenvalue weighted by atomic mass is 35.5. The molecule has 0 saturated heterocycles. The van der Waals surface area contributed by atoms with Crippen LogP contribution in [0.5, 0.6) is 0 Å². The third kappa shape index (κ3) is 4.43. The standard InChI is InChI=1S/C18H24ClN3O/c1-4-21(5-2)11-6-12-22(14(3)23)18-9-10-20-17-13-15(19)7-8-16(17)18/h7-10,13H,4-6,11-12H2,1-3H3. The summed E-state index contributed by atoms with van der Waals surface area (Å²) in [5.41, 5.74) is 1.71. The summed E-state index contributed by atoms with van der Waals surface area (Å²) in [6, 6.07) is 7.49. The van der Waals surface area contributed by atoms with Crippen LogP contribution in [0.1, 0.15) is 27.2 Å². The van der Waals surface area contributed by atoms with E-state index < -0.39 is 0 Å². The number of pyridine rings is 1. The number of hydrogen-bond donors (Lipinski definition) is 0. The van der Waals surface area contributed by atoms with Crippen molar-refractivity contribution in [1.29, 1.82) is 0 Å². The van der Waals surface area contributed by atoms with Gasteiger partial charge in [-0.25, -0.2) is 0 Å². The van der Waals surface area contributed by atoms with Crippen LogP contribution in [0, 0.1) is 0 Å². The molecule has 0 aliphatic heterocycles. The maximum absolute atomic E-state index is 12.1. The van der Waals surface area contributed by atoms with E-state index >= 15 is 0 Å². The maximum Gasteiger partial charge on any atom is 0.223 e. The van der Waals surface area contributed by atoms with Crippen molar-refractivity contribution < 1.29 is 4.79 Å². The molecule has 0 spiro atoms. The van der Waals surface area contributed by atoms with Gasteiger partial charge in [-0.05, 0) is 50.3 Å². The maximum atomic E-state index is 12.1. The number of nitrogens with zero attached hydrogens (tertiary/aromatic N) is 3. The first-order chi connectivity index (χ1) is 11.1. The Kier molecular flexibility index (Phi) is 6.37. The van der Waals surface area contributed by atoms with Gasteiger partial charge in [-0.3, -0.25) is 9.78 Å². The number of benzene rings is 1. The summed E-state index contributed by atoms with van der Waals surface area (Å²) >= 11 is 6.04. The summed E-state index contributed by atoms with van der Waals surface area (Å²) in [6.07, 6.45) is 2.67. The van der Waals surface area contributed by atoms with Crippen LogP contribution in [0.15, 0.2) is 30.5 Å². The minimum Gasteiger partial charge on any atom is -0.312 e. The Hall–Kier alpha value is -1.65. The van der Waals surface area contributed by atoms with Gasteiger partial charge in [0.05, 0.1) is 11.2 Å². The second kappa shape index (κ2) is 8.27. The molecule has 1 aromatic heterocycles. The van der Waals surface area contributed by atoms with Gasteiger partial charge in [-0.1, -0.05) is 25.4 Å². The number of rotatable bonds is 7. The Morgan fingerprint density at radius 1 is 1.17 bits per heavy atom. The predicted molar refractivity (Wildman–Crippen MR) is 97.2 cm³/mol. The van der Waals surface area contributed by atoms with Crippen molar-refractivity contribution in [2.75, 3.05) is 31.1 Å². The Labute approximate surface area is 143 Å². The third-order valence-electron chi connectivity index (χ3n) is 4.10. The van der Waals surface area contributed by atoms with Crippen molar-refractivity contribution in [3.8, 4) is 0 Å². The minimum atomic E-state index is 0.0481. The Bertz CT molecular complexity index is 670. The van der Waals surface area contributed by atoms with E-state index in [1.807, 2.05) is 29.2 Å². The van der Waals surface area contributed by atoms with Gasteiger partial charge in [0.1, 0.15) is 0 Å². The van der Waals surface area contributed by atoms with Crippen molar-refractivity contribution in [3.05, 3.63) is 35.5 Å². The zero-order valence-corrected chi connectivity index (χ0v) is 14.8. The zero-order chi connectivity index (χ0) is 16.8. The molecule has 23 heavy (non-hydrogen) atoms. The van der Waals surface area contributed by atoms with E-state index in [4.69, 9.17) is 11.6 Å². The van der Waals surface area contributed by atoms with Gasteiger partial charge in [-0.2, -0.15) is 0 Å². The molecule has 1 aromatic carbocycles. The second-order valence-electron chi connectivity index (χ2n) is 5.54. The van der Waals surface area contributed by atoms with E-state index in [1.54, 1.807) is 13.1 Å².